The van der Waals surface area contributed by atoms with Gasteiger partial charge in [-0.15, -0.1) is 0 Å². The number of carbonyl (C=O) groups is 1. The minimum Gasteiger partial charge on any atom is -0.370 e. The van der Waals surface area contributed by atoms with E-state index in [4.69, 9.17) is 5.73 Å². The van der Waals surface area contributed by atoms with E-state index < -0.39 is 5.91 Å². The maximum absolute atomic E-state index is 11.7. The summed E-state index contributed by atoms with van der Waals surface area (Å²) >= 11 is 0. The van der Waals surface area contributed by atoms with Crippen LogP contribution in [0.15, 0.2) is 17.1 Å². The van der Waals surface area contributed by atoms with Crippen molar-refractivity contribution in [1.29, 1.82) is 0 Å². The van der Waals surface area contributed by atoms with Gasteiger partial charge in [-0.2, -0.15) is 5.10 Å². The van der Waals surface area contributed by atoms with Crippen molar-refractivity contribution in [3.05, 3.63) is 22.6 Å². The standard InChI is InChI=1S/C12H18N4O2/c1-9-2-4-15(5-3-9)10-6-12(18)16(14-7-10)8-11(13)17/h6-7,9H,2-5,8H2,1H3,(H2,13,17). The smallest absolute Gasteiger partial charge is 0.269 e. The van der Waals surface area contributed by atoms with E-state index in [2.05, 4.69) is 16.9 Å². The predicted octanol–water partition coefficient (Wildman–Crippen LogP) is -0.0351. The second-order valence-electron chi connectivity index (χ2n) is 4.85. The summed E-state index contributed by atoms with van der Waals surface area (Å²) in [6, 6.07) is 1.52. The van der Waals surface area contributed by atoms with Crippen LogP contribution in [0.4, 0.5) is 5.69 Å². The van der Waals surface area contributed by atoms with Gasteiger partial charge in [0, 0.05) is 19.2 Å². The molecule has 1 aliphatic rings. The highest BCUT2D eigenvalue weighted by atomic mass is 16.2. The molecule has 1 aliphatic heterocycles. The zero-order valence-corrected chi connectivity index (χ0v) is 10.5. The Labute approximate surface area is 105 Å². The SMILES string of the molecule is CC1CCN(c2cnn(CC(N)=O)c(=O)c2)CC1. The first-order chi connectivity index (χ1) is 8.56. The first kappa shape index (κ1) is 12.6. The zero-order valence-electron chi connectivity index (χ0n) is 10.5. The Kier molecular flexibility index (Phi) is 3.64. The molecule has 2 heterocycles. The van der Waals surface area contributed by atoms with Gasteiger partial charge in [0.1, 0.15) is 6.54 Å². The first-order valence-corrected chi connectivity index (χ1v) is 6.16. The van der Waals surface area contributed by atoms with Crippen molar-refractivity contribution >= 4 is 11.6 Å². The number of primary amides is 1. The van der Waals surface area contributed by atoms with Gasteiger partial charge in [0.05, 0.1) is 11.9 Å². The lowest BCUT2D eigenvalue weighted by atomic mass is 9.99. The molecule has 0 unspecified atom stereocenters. The van der Waals surface area contributed by atoms with Crippen molar-refractivity contribution in [3.63, 3.8) is 0 Å². The second kappa shape index (κ2) is 5.20. The van der Waals surface area contributed by atoms with E-state index in [0.717, 1.165) is 42.2 Å². The van der Waals surface area contributed by atoms with E-state index in [1.807, 2.05) is 0 Å². The van der Waals surface area contributed by atoms with E-state index >= 15 is 0 Å². The molecular formula is C12H18N4O2. The number of nitrogens with zero attached hydrogens (tertiary/aromatic N) is 3. The van der Waals surface area contributed by atoms with Crippen molar-refractivity contribution in [3.8, 4) is 0 Å². The lowest BCUT2D eigenvalue weighted by Gasteiger charge is -2.31. The number of hydrogen-bond acceptors (Lipinski definition) is 4. The average Bonchev–Trinajstić information content (AvgIpc) is 2.32. The Bertz CT molecular complexity index is 489. The molecule has 18 heavy (non-hydrogen) atoms. The van der Waals surface area contributed by atoms with Crippen LogP contribution in [0.2, 0.25) is 0 Å². The summed E-state index contributed by atoms with van der Waals surface area (Å²) in [6.45, 7) is 3.96. The maximum atomic E-state index is 11.7. The highest BCUT2D eigenvalue weighted by Crippen LogP contribution is 2.20. The van der Waals surface area contributed by atoms with E-state index in [1.165, 1.54) is 6.07 Å². The quantitative estimate of drug-likeness (QED) is 0.816. The first-order valence-electron chi connectivity index (χ1n) is 6.16. The molecule has 0 atom stereocenters. The molecule has 0 bridgehead atoms. The molecule has 6 heteroatoms. The molecule has 2 N–H and O–H groups in total. The Morgan fingerprint density at radius 1 is 1.50 bits per heavy atom. The molecule has 98 valence electrons. The molecule has 0 aromatic carbocycles. The Morgan fingerprint density at radius 3 is 2.72 bits per heavy atom. The minimum absolute atomic E-state index is 0.170. The fraction of sp³-hybridized carbons (Fsp3) is 0.583. The molecule has 2 rings (SSSR count). The lowest BCUT2D eigenvalue weighted by Crippen LogP contribution is -2.35. The topological polar surface area (TPSA) is 81.2 Å². The third-order valence-electron chi connectivity index (χ3n) is 3.31. The van der Waals surface area contributed by atoms with Crippen LogP contribution >= 0.6 is 0 Å². The number of hydrogen-bond donors (Lipinski definition) is 1. The normalized spacial score (nSPS) is 16.8. The number of nitrogens with two attached hydrogens (primary N) is 1. The molecule has 6 nitrogen and oxygen atoms in total. The van der Waals surface area contributed by atoms with E-state index in [0.29, 0.717) is 0 Å². The van der Waals surface area contributed by atoms with Gasteiger partial charge in [0.15, 0.2) is 0 Å². The summed E-state index contributed by atoms with van der Waals surface area (Å²) < 4.78 is 1.08. The van der Waals surface area contributed by atoms with Gasteiger partial charge in [0.25, 0.3) is 5.56 Å². The van der Waals surface area contributed by atoms with Crippen molar-refractivity contribution in [1.82, 2.24) is 9.78 Å². The van der Waals surface area contributed by atoms with Crippen molar-refractivity contribution in [2.24, 2.45) is 11.7 Å². The van der Waals surface area contributed by atoms with E-state index in [9.17, 15) is 9.59 Å². The number of piperidine rings is 1. The van der Waals surface area contributed by atoms with Crippen LogP contribution in [0.5, 0.6) is 0 Å². The number of anilines is 1. The van der Waals surface area contributed by atoms with Crippen LogP contribution in [0.25, 0.3) is 0 Å². The molecule has 1 fully saturated rings. The van der Waals surface area contributed by atoms with Gasteiger partial charge in [-0.25, -0.2) is 4.68 Å². The third kappa shape index (κ3) is 2.88. The van der Waals surface area contributed by atoms with Crippen LogP contribution in [-0.2, 0) is 11.3 Å². The fourth-order valence-corrected chi connectivity index (χ4v) is 2.13. The molecule has 0 radical (unpaired) electrons. The summed E-state index contributed by atoms with van der Waals surface area (Å²) in [5.41, 5.74) is 5.58. The maximum Gasteiger partial charge on any atom is 0.269 e. The number of amides is 1. The molecule has 0 spiro atoms. The molecule has 1 aromatic rings. The van der Waals surface area contributed by atoms with Crippen LogP contribution in [0, 0.1) is 5.92 Å². The summed E-state index contributed by atoms with van der Waals surface area (Å²) in [6.07, 6.45) is 3.88. The lowest BCUT2D eigenvalue weighted by molar-refractivity contribution is -0.118. The second-order valence-corrected chi connectivity index (χ2v) is 4.85. The van der Waals surface area contributed by atoms with Crippen LogP contribution in [0.3, 0.4) is 0 Å². The van der Waals surface area contributed by atoms with Crippen molar-refractivity contribution in [2.45, 2.75) is 26.3 Å². The van der Waals surface area contributed by atoms with Crippen LogP contribution in [-0.4, -0.2) is 28.8 Å². The van der Waals surface area contributed by atoms with Crippen molar-refractivity contribution in [2.75, 3.05) is 18.0 Å². The number of aromatic nitrogens is 2. The zero-order chi connectivity index (χ0) is 13.1. The van der Waals surface area contributed by atoms with E-state index in [1.54, 1.807) is 6.20 Å². The molecule has 1 amide bonds. The van der Waals surface area contributed by atoms with Gasteiger partial charge in [-0.05, 0) is 18.8 Å². The Hall–Kier alpha value is -1.85. The van der Waals surface area contributed by atoms with E-state index in [-0.39, 0.29) is 12.1 Å². The molecular weight excluding hydrogens is 232 g/mol. The summed E-state index contributed by atoms with van der Waals surface area (Å²) in [5.74, 6) is 0.175. The fourth-order valence-electron chi connectivity index (χ4n) is 2.13. The summed E-state index contributed by atoms with van der Waals surface area (Å²) in [7, 11) is 0. The van der Waals surface area contributed by atoms with Crippen molar-refractivity contribution < 1.29 is 4.79 Å². The Morgan fingerprint density at radius 2 is 2.17 bits per heavy atom. The third-order valence-corrected chi connectivity index (χ3v) is 3.31. The largest absolute Gasteiger partial charge is 0.370 e. The monoisotopic (exact) mass is 250 g/mol. The molecule has 1 saturated heterocycles. The number of rotatable bonds is 3. The highest BCUT2D eigenvalue weighted by Gasteiger charge is 2.17. The van der Waals surface area contributed by atoms with Crippen LogP contribution < -0.4 is 16.2 Å². The summed E-state index contributed by atoms with van der Waals surface area (Å²) in [5, 5.41) is 3.97. The summed E-state index contributed by atoms with van der Waals surface area (Å²) in [4.78, 5) is 24.7. The van der Waals surface area contributed by atoms with Gasteiger partial charge in [-0.1, -0.05) is 6.92 Å². The van der Waals surface area contributed by atoms with Crippen LogP contribution in [0.1, 0.15) is 19.8 Å². The Balaban J connectivity index is 2.13. The molecule has 0 saturated carbocycles. The van der Waals surface area contributed by atoms with Gasteiger partial charge >= 0.3 is 0 Å². The average molecular weight is 250 g/mol. The molecule has 0 aliphatic carbocycles. The van der Waals surface area contributed by atoms with Gasteiger partial charge in [-0.3, -0.25) is 9.59 Å². The predicted molar refractivity (Wildman–Crippen MR) is 68.3 cm³/mol. The molecule has 1 aromatic heterocycles. The highest BCUT2D eigenvalue weighted by molar-refractivity contribution is 5.73. The van der Waals surface area contributed by atoms with Gasteiger partial charge < -0.3 is 10.6 Å². The number of carbonyl (C=O) groups excluding carboxylic acids is 1. The van der Waals surface area contributed by atoms with Gasteiger partial charge in [0.2, 0.25) is 5.91 Å². The minimum atomic E-state index is -0.566.